The summed E-state index contributed by atoms with van der Waals surface area (Å²) in [6.45, 7) is 8.47. The van der Waals surface area contributed by atoms with Gasteiger partial charge in [0.15, 0.2) is 0 Å². The molecule has 0 aliphatic rings. The molecule has 0 fully saturated rings. The monoisotopic (exact) mass is 208 g/mol. The zero-order valence-corrected chi connectivity index (χ0v) is 10.7. The van der Waals surface area contributed by atoms with E-state index in [1.165, 1.54) is 18.4 Å². The molecule has 1 nitrogen and oxygen atoms in total. The van der Waals surface area contributed by atoms with Crippen molar-refractivity contribution in [2.45, 2.75) is 46.5 Å². The van der Waals surface area contributed by atoms with Crippen LogP contribution in [-0.2, 0) is 0 Å². The van der Waals surface area contributed by atoms with E-state index in [2.05, 4.69) is 26.0 Å². The first-order valence-electron chi connectivity index (χ1n) is 5.95. The van der Waals surface area contributed by atoms with Gasteiger partial charge >= 0.3 is 0 Å². The van der Waals surface area contributed by atoms with Crippen LogP contribution in [0.25, 0.3) is 0 Å². The highest BCUT2D eigenvalue weighted by atomic mass is 16.5. The van der Waals surface area contributed by atoms with Gasteiger partial charge in [-0.25, -0.2) is 0 Å². The van der Waals surface area contributed by atoms with Gasteiger partial charge in [-0.2, -0.15) is 0 Å². The van der Waals surface area contributed by atoms with Gasteiger partial charge in [0.2, 0.25) is 0 Å². The molecule has 86 valence electrons. The highest BCUT2D eigenvalue weighted by Gasteiger charge is 2.05. The summed E-state index contributed by atoms with van der Waals surface area (Å²) in [5.41, 5.74) is 1.42. The number of hydrogen-bond donors (Lipinski definition) is 0. The van der Waals surface area contributed by atoms with E-state index in [1.807, 2.05) is 26.0 Å². The Morgan fingerprint density at radius 2 is 1.47 bits per heavy atom. The molecule has 1 aromatic carbocycles. The molecule has 0 spiro atoms. The molecule has 1 rings (SSSR count). The second-order valence-electron chi connectivity index (χ2n) is 3.29. The lowest BCUT2D eigenvalue weighted by Crippen LogP contribution is -1.94. The molecule has 0 aliphatic heterocycles. The van der Waals surface area contributed by atoms with Crippen LogP contribution in [0, 0.1) is 0 Å². The van der Waals surface area contributed by atoms with Gasteiger partial charge in [-0.05, 0) is 36.5 Å². The molecule has 0 amide bonds. The summed E-state index contributed by atoms with van der Waals surface area (Å²) in [6, 6.07) is 8.40. The largest absolute Gasteiger partial charge is 0.497 e. The molecule has 0 atom stereocenters. The Morgan fingerprint density at radius 1 is 1.00 bits per heavy atom. The van der Waals surface area contributed by atoms with E-state index in [-0.39, 0.29) is 0 Å². The molecule has 0 unspecified atom stereocenters. The van der Waals surface area contributed by atoms with E-state index in [4.69, 9.17) is 4.74 Å². The highest BCUT2D eigenvalue weighted by Crippen LogP contribution is 2.24. The fraction of sp³-hybridized carbons (Fsp3) is 0.571. The van der Waals surface area contributed by atoms with Gasteiger partial charge in [-0.15, -0.1) is 0 Å². The summed E-state index contributed by atoms with van der Waals surface area (Å²) < 4.78 is 5.12. The second-order valence-corrected chi connectivity index (χ2v) is 3.29. The smallest absolute Gasteiger partial charge is 0.118 e. The standard InChI is InChI=1S/C12H18O.C2H6/c1-4-10(5-2)11-6-8-12(13-3)9-7-11;1-2/h6-10H,4-5H2,1-3H3;1-2H3. The molecule has 0 radical (unpaired) electrons. The molecule has 0 saturated carbocycles. The van der Waals surface area contributed by atoms with Crippen LogP contribution in [-0.4, -0.2) is 7.11 Å². The van der Waals surface area contributed by atoms with E-state index in [0.29, 0.717) is 5.92 Å². The number of methoxy groups -OCH3 is 1. The Bertz CT molecular complexity index is 234. The molecule has 0 aromatic heterocycles. The molecule has 0 saturated heterocycles. The highest BCUT2D eigenvalue weighted by molar-refractivity contribution is 5.29. The molecule has 0 aliphatic carbocycles. The minimum Gasteiger partial charge on any atom is -0.497 e. The van der Waals surface area contributed by atoms with E-state index in [0.717, 1.165) is 5.75 Å². The normalized spacial score (nSPS) is 9.47. The van der Waals surface area contributed by atoms with Gasteiger partial charge in [-0.3, -0.25) is 0 Å². The summed E-state index contributed by atoms with van der Waals surface area (Å²) in [5, 5.41) is 0. The lowest BCUT2D eigenvalue weighted by Gasteiger charge is -2.12. The van der Waals surface area contributed by atoms with Crippen LogP contribution in [0.2, 0.25) is 0 Å². The van der Waals surface area contributed by atoms with Crippen molar-refractivity contribution in [3.05, 3.63) is 29.8 Å². The number of benzene rings is 1. The molecule has 0 bridgehead atoms. The lowest BCUT2D eigenvalue weighted by atomic mass is 9.94. The summed E-state index contributed by atoms with van der Waals surface area (Å²) >= 11 is 0. The Kier molecular flexibility index (Phi) is 7.79. The average Bonchev–Trinajstić information content (AvgIpc) is 2.34. The Labute approximate surface area is 94.5 Å². The van der Waals surface area contributed by atoms with Gasteiger partial charge in [0, 0.05) is 0 Å². The molecular formula is C14H24O. The summed E-state index contributed by atoms with van der Waals surface area (Å²) in [6.07, 6.45) is 2.42. The Hall–Kier alpha value is -0.980. The zero-order chi connectivity index (χ0) is 11.7. The Balaban J connectivity index is 0.000000921. The van der Waals surface area contributed by atoms with Crippen LogP contribution < -0.4 is 4.74 Å². The van der Waals surface area contributed by atoms with Crippen LogP contribution in [0.5, 0.6) is 5.75 Å². The first kappa shape index (κ1) is 14.0. The molecule has 15 heavy (non-hydrogen) atoms. The molecule has 1 aromatic rings. The van der Waals surface area contributed by atoms with Gasteiger partial charge in [0.05, 0.1) is 7.11 Å². The summed E-state index contributed by atoms with van der Waals surface area (Å²) in [5.74, 6) is 1.64. The third-order valence-corrected chi connectivity index (χ3v) is 2.57. The van der Waals surface area contributed by atoms with E-state index < -0.39 is 0 Å². The molecule has 0 heterocycles. The minimum absolute atomic E-state index is 0.700. The van der Waals surface area contributed by atoms with Crippen molar-refractivity contribution < 1.29 is 4.74 Å². The van der Waals surface area contributed by atoms with Gasteiger partial charge < -0.3 is 4.74 Å². The predicted molar refractivity (Wildman–Crippen MR) is 67.7 cm³/mol. The van der Waals surface area contributed by atoms with Crippen molar-refractivity contribution in [1.29, 1.82) is 0 Å². The van der Waals surface area contributed by atoms with Crippen LogP contribution in [0.4, 0.5) is 0 Å². The van der Waals surface area contributed by atoms with E-state index >= 15 is 0 Å². The number of hydrogen-bond acceptors (Lipinski definition) is 1. The summed E-state index contributed by atoms with van der Waals surface area (Å²) in [4.78, 5) is 0. The van der Waals surface area contributed by atoms with Crippen LogP contribution in [0.15, 0.2) is 24.3 Å². The third-order valence-electron chi connectivity index (χ3n) is 2.57. The minimum atomic E-state index is 0.700. The quantitative estimate of drug-likeness (QED) is 0.701. The maximum atomic E-state index is 5.12. The lowest BCUT2D eigenvalue weighted by molar-refractivity contribution is 0.414. The van der Waals surface area contributed by atoms with Crippen LogP contribution >= 0.6 is 0 Å². The fourth-order valence-electron chi connectivity index (χ4n) is 1.64. The maximum absolute atomic E-state index is 5.12. The van der Waals surface area contributed by atoms with E-state index in [9.17, 15) is 0 Å². The average molecular weight is 208 g/mol. The van der Waals surface area contributed by atoms with Gasteiger partial charge in [0.1, 0.15) is 5.75 Å². The van der Waals surface area contributed by atoms with Crippen molar-refractivity contribution >= 4 is 0 Å². The third kappa shape index (κ3) is 4.37. The van der Waals surface area contributed by atoms with Crippen molar-refractivity contribution in [3.63, 3.8) is 0 Å². The topological polar surface area (TPSA) is 9.23 Å². The molecular weight excluding hydrogens is 184 g/mol. The SMILES string of the molecule is CC.CCC(CC)c1ccc(OC)cc1. The number of ether oxygens (including phenoxy) is 1. The maximum Gasteiger partial charge on any atom is 0.118 e. The van der Waals surface area contributed by atoms with Gasteiger partial charge in [0.25, 0.3) is 0 Å². The van der Waals surface area contributed by atoms with Crippen molar-refractivity contribution in [2.24, 2.45) is 0 Å². The van der Waals surface area contributed by atoms with Crippen molar-refractivity contribution in [1.82, 2.24) is 0 Å². The van der Waals surface area contributed by atoms with Crippen molar-refractivity contribution in [2.75, 3.05) is 7.11 Å². The first-order chi connectivity index (χ1) is 7.31. The van der Waals surface area contributed by atoms with Crippen LogP contribution in [0.1, 0.15) is 52.0 Å². The first-order valence-corrected chi connectivity index (χ1v) is 5.95. The predicted octanol–water partition coefficient (Wildman–Crippen LogP) is 4.63. The zero-order valence-electron chi connectivity index (χ0n) is 10.7. The summed E-state index contributed by atoms with van der Waals surface area (Å²) in [7, 11) is 1.70. The van der Waals surface area contributed by atoms with E-state index in [1.54, 1.807) is 7.11 Å². The second kappa shape index (κ2) is 8.34. The van der Waals surface area contributed by atoms with Crippen molar-refractivity contribution in [3.8, 4) is 5.75 Å². The molecule has 0 N–H and O–H groups in total. The molecule has 1 heteroatoms. The fourth-order valence-corrected chi connectivity index (χ4v) is 1.64. The van der Waals surface area contributed by atoms with Crippen LogP contribution in [0.3, 0.4) is 0 Å². The van der Waals surface area contributed by atoms with Gasteiger partial charge in [-0.1, -0.05) is 39.8 Å². The number of rotatable bonds is 4. The Morgan fingerprint density at radius 3 is 1.80 bits per heavy atom.